The zero-order valence-electron chi connectivity index (χ0n) is 16.5. The maximum Gasteiger partial charge on any atom is 0.194 e. The van der Waals surface area contributed by atoms with Crippen LogP contribution in [0, 0.1) is 0 Å². The average Bonchev–Trinajstić information content (AvgIpc) is 2.99. The van der Waals surface area contributed by atoms with Gasteiger partial charge in [0.05, 0.1) is 10.5 Å². The molecular formula is C19H28ClIN4O2S. The number of aliphatic imine (C=N–C) groups is 1. The molecule has 0 bridgehead atoms. The highest BCUT2D eigenvalue weighted by molar-refractivity contribution is 14.0. The molecular weight excluding hydrogens is 511 g/mol. The first-order valence-corrected chi connectivity index (χ1v) is 11.3. The number of sulfone groups is 1. The molecule has 1 fully saturated rings. The van der Waals surface area contributed by atoms with Crippen LogP contribution in [0.15, 0.2) is 29.4 Å². The number of H-pyrrole nitrogens is 1. The van der Waals surface area contributed by atoms with E-state index < -0.39 is 14.6 Å². The Balaban J connectivity index is 0.00000280. The third-order valence-electron chi connectivity index (χ3n) is 5.05. The molecule has 1 aliphatic rings. The lowest BCUT2D eigenvalue weighted by Gasteiger charge is -2.39. The molecule has 3 rings (SSSR count). The first kappa shape index (κ1) is 23.3. The van der Waals surface area contributed by atoms with E-state index in [0.717, 1.165) is 34.9 Å². The van der Waals surface area contributed by atoms with Gasteiger partial charge in [-0.05, 0) is 51.0 Å². The molecule has 0 amide bonds. The molecule has 0 unspecified atom stereocenters. The molecule has 2 heterocycles. The van der Waals surface area contributed by atoms with E-state index in [1.165, 1.54) is 5.56 Å². The van der Waals surface area contributed by atoms with Crippen LogP contribution in [0.25, 0.3) is 10.9 Å². The molecule has 2 N–H and O–H groups in total. The molecule has 9 heteroatoms. The van der Waals surface area contributed by atoms with Crippen molar-refractivity contribution >= 4 is 62.3 Å². The highest BCUT2D eigenvalue weighted by Gasteiger charge is 2.40. The molecule has 156 valence electrons. The Bertz CT molecular complexity index is 956. The first-order chi connectivity index (χ1) is 12.7. The minimum absolute atomic E-state index is 0. The third kappa shape index (κ3) is 4.94. The van der Waals surface area contributed by atoms with Gasteiger partial charge in [0, 0.05) is 48.3 Å². The Kier molecular flexibility index (Phi) is 7.66. The molecule has 1 aliphatic heterocycles. The van der Waals surface area contributed by atoms with Gasteiger partial charge >= 0.3 is 0 Å². The van der Waals surface area contributed by atoms with Gasteiger partial charge in [0.15, 0.2) is 15.8 Å². The topological polar surface area (TPSA) is 77.6 Å². The van der Waals surface area contributed by atoms with Crippen molar-refractivity contribution in [1.82, 2.24) is 15.2 Å². The van der Waals surface area contributed by atoms with Crippen molar-refractivity contribution < 1.29 is 8.42 Å². The van der Waals surface area contributed by atoms with Crippen LogP contribution in [0.1, 0.15) is 26.3 Å². The Morgan fingerprint density at radius 2 is 2.14 bits per heavy atom. The highest BCUT2D eigenvalue weighted by atomic mass is 127. The first-order valence-electron chi connectivity index (χ1n) is 9.24. The summed E-state index contributed by atoms with van der Waals surface area (Å²) in [4.78, 5) is 10.1. The summed E-state index contributed by atoms with van der Waals surface area (Å²) in [5, 5.41) is 5.13. The number of aromatic amines is 1. The number of halogens is 2. The van der Waals surface area contributed by atoms with Crippen LogP contribution in [0.5, 0.6) is 0 Å². The van der Waals surface area contributed by atoms with Gasteiger partial charge in [-0.3, -0.25) is 4.99 Å². The van der Waals surface area contributed by atoms with Crippen molar-refractivity contribution in [3.63, 3.8) is 0 Å². The molecule has 1 aromatic carbocycles. The van der Waals surface area contributed by atoms with Crippen LogP contribution in [-0.2, 0) is 16.3 Å². The monoisotopic (exact) mass is 538 g/mol. The van der Waals surface area contributed by atoms with Crippen LogP contribution < -0.4 is 5.32 Å². The maximum absolute atomic E-state index is 12.2. The fraction of sp³-hybridized carbons (Fsp3) is 0.526. The predicted molar refractivity (Wildman–Crippen MR) is 128 cm³/mol. The average molecular weight is 539 g/mol. The van der Waals surface area contributed by atoms with Crippen molar-refractivity contribution in [1.29, 1.82) is 0 Å². The summed E-state index contributed by atoms with van der Waals surface area (Å²) in [6.45, 7) is 7.87. The lowest BCUT2D eigenvalue weighted by molar-refractivity contribution is 0.353. The van der Waals surface area contributed by atoms with Gasteiger partial charge in [-0.25, -0.2) is 8.42 Å². The van der Waals surface area contributed by atoms with Crippen molar-refractivity contribution in [2.45, 2.75) is 31.9 Å². The minimum Gasteiger partial charge on any atom is -0.361 e. The number of nitrogens with one attached hydrogen (secondary N) is 2. The maximum atomic E-state index is 12.2. The SMILES string of the molecule is CCNC(=NCCc1c[nH]c2ccc(Cl)cc12)N1CCS(=O)(=O)C(C)(C)C1.I. The van der Waals surface area contributed by atoms with Gasteiger partial charge in [-0.2, -0.15) is 0 Å². The van der Waals surface area contributed by atoms with Crippen LogP contribution in [0.2, 0.25) is 5.02 Å². The number of aromatic nitrogens is 1. The second kappa shape index (κ2) is 9.21. The number of fused-ring (bicyclic) bond motifs is 1. The quantitative estimate of drug-likeness (QED) is 0.355. The molecule has 0 atom stereocenters. The number of benzene rings is 1. The van der Waals surface area contributed by atoms with Crippen LogP contribution in [-0.4, -0.2) is 60.9 Å². The Morgan fingerprint density at radius 3 is 2.82 bits per heavy atom. The molecule has 6 nitrogen and oxygen atoms in total. The molecule has 0 radical (unpaired) electrons. The minimum atomic E-state index is -3.07. The summed E-state index contributed by atoms with van der Waals surface area (Å²) in [5.74, 6) is 0.934. The van der Waals surface area contributed by atoms with Gasteiger partial charge < -0.3 is 15.2 Å². The van der Waals surface area contributed by atoms with E-state index in [4.69, 9.17) is 16.6 Å². The Hall–Kier alpha value is -1.000. The van der Waals surface area contributed by atoms with E-state index in [9.17, 15) is 8.42 Å². The fourth-order valence-electron chi connectivity index (χ4n) is 3.39. The standard InChI is InChI=1S/C19H27ClN4O2S.HI/c1-4-21-18(24-9-10-27(25,26)19(2,3)13-24)22-8-7-14-12-23-17-6-5-15(20)11-16(14)17;/h5-6,11-12,23H,4,7-10,13H2,1-3H3,(H,21,22);1H. The van der Waals surface area contributed by atoms with Gasteiger partial charge in [0.1, 0.15) is 0 Å². The van der Waals surface area contributed by atoms with E-state index in [2.05, 4.69) is 15.2 Å². The normalized spacial score (nSPS) is 18.7. The van der Waals surface area contributed by atoms with Gasteiger partial charge in [-0.15, -0.1) is 24.0 Å². The molecule has 1 saturated heterocycles. The van der Waals surface area contributed by atoms with Crippen LogP contribution in [0.3, 0.4) is 0 Å². The summed E-state index contributed by atoms with van der Waals surface area (Å²) in [7, 11) is -3.07. The van der Waals surface area contributed by atoms with Crippen molar-refractivity contribution in [2.75, 3.05) is 31.9 Å². The van der Waals surface area contributed by atoms with E-state index in [1.807, 2.05) is 31.3 Å². The molecule has 1 aromatic heterocycles. The summed E-state index contributed by atoms with van der Waals surface area (Å²) >= 11 is 6.12. The second-order valence-corrected chi connectivity index (χ2v) is 10.7. The van der Waals surface area contributed by atoms with Gasteiger partial charge in [-0.1, -0.05) is 11.6 Å². The Labute approximate surface area is 189 Å². The lowest BCUT2D eigenvalue weighted by Crippen LogP contribution is -2.57. The fourth-order valence-corrected chi connectivity index (χ4v) is 4.93. The molecule has 0 aliphatic carbocycles. The van der Waals surface area contributed by atoms with Crippen molar-refractivity contribution in [3.05, 3.63) is 35.0 Å². The number of rotatable bonds is 4. The van der Waals surface area contributed by atoms with E-state index >= 15 is 0 Å². The van der Waals surface area contributed by atoms with Crippen molar-refractivity contribution in [3.8, 4) is 0 Å². The summed E-state index contributed by atoms with van der Waals surface area (Å²) < 4.78 is 23.7. The predicted octanol–water partition coefficient (Wildman–Crippen LogP) is 3.46. The number of hydrogen-bond acceptors (Lipinski definition) is 3. The molecule has 28 heavy (non-hydrogen) atoms. The smallest absolute Gasteiger partial charge is 0.194 e. The van der Waals surface area contributed by atoms with Crippen molar-refractivity contribution in [2.24, 2.45) is 4.99 Å². The third-order valence-corrected chi connectivity index (χ3v) is 7.82. The highest BCUT2D eigenvalue weighted by Crippen LogP contribution is 2.24. The Morgan fingerprint density at radius 1 is 1.39 bits per heavy atom. The van der Waals surface area contributed by atoms with Crippen LogP contribution in [0.4, 0.5) is 0 Å². The van der Waals surface area contributed by atoms with E-state index in [-0.39, 0.29) is 29.7 Å². The van der Waals surface area contributed by atoms with Gasteiger partial charge in [0.2, 0.25) is 0 Å². The van der Waals surface area contributed by atoms with E-state index in [1.54, 1.807) is 13.8 Å². The van der Waals surface area contributed by atoms with E-state index in [0.29, 0.717) is 19.6 Å². The summed E-state index contributed by atoms with van der Waals surface area (Å²) in [6, 6.07) is 5.82. The zero-order chi connectivity index (χ0) is 19.7. The molecule has 0 saturated carbocycles. The number of hydrogen-bond donors (Lipinski definition) is 2. The number of guanidine groups is 1. The molecule has 0 spiro atoms. The lowest BCUT2D eigenvalue weighted by atomic mass is 10.1. The largest absolute Gasteiger partial charge is 0.361 e. The van der Waals surface area contributed by atoms with Crippen LogP contribution >= 0.6 is 35.6 Å². The van der Waals surface area contributed by atoms with Gasteiger partial charge in [0.25, 0.3) is 0 Å². The summed E-state index contributed by atoms with van der Waals surface area (Å²) in [5.41, 5.74) is 2.24. The summed E-state index contributed by atoms with van der Waals surface area (Å²) in [6.07, 6.45) is 2.78. The second-order valence-electron chi connectivity index (χ2n) is 7.49. The number of nitrogens with zero attached hydrogens (tertiary/aromatic N) is 2. The molecule has 2 aromatic rings. The zero-order valence-corrected chi connectivity index (χ0v) is 20.4.